The van der Waals surface area contributed by atoms with Crippen LogP contribution in [0, 0.1) is 31.6 Å². The van der Waals surface area contributed by atoms with Gasteiger partial charge < -0.3 is 34.4 Å². The number of rotatable bonds is 6. The molecule has 3 heterocycles. The molecule has 0 atom stereocenters. The Morgan fingerprint density at radius 2 is 1.33 bits per heavy atom. The zero-order chi connectivity index (χ0) is 41.8. The molecular weight excluding hydrogens is 896 g/mol. The van der Waals surface area contributed by atoms with Crippen molar-refractivity contribution in [3.05, 3.63) is 82.4 Å². The number of nitrogens with zero attached hydrogens (tertiary/aromatic N) is 3. The van der Waals surface area contributed by atoms with Crippen LogP contribution in [-0.4, -0.2) is 52.6 Å². The molecule has 54 heavy (non-hydrogen) atoms. The van der Waals surface area contributed by atoms with Crippen LogP contribution in [0.1, 0.15) is 36.7 Å². The maximum atomic E-state index is 12.7. The van der Waals surface area contributed by atoms with Gasteiger partial charge in [-0.15, -0.1) is 29.0 Å². The fourth-order valence-corrected chi connectivity index (χ4v) is 4.77. The van der Waals surface area contributed by atoms with E-state index in [4.69, 9.17) is 11.6 Å². The summed E-state index contributed by atoms with van der Waals surface area (Å²) < 4.78 is 118. The summed E-state index contributed by atoms with van der Waals surface area (Å²) in [6.45, 7) is 4.67. The molecule has 3 rings (SSSR count). The molecular formula is C32H30BrClF9N3NaO4S3-. The topological polar surface area (TPSA) is 91.3 Å². The third kappa shape index (κ3) is 27.9. The van der Waals surface area contributed by atoms with E-state index in [9.17, 15) is 49.1 Å². The smallest absolute Gasteiger partial charge is 0.778 e. The van der Waals surface area contributed by atoms with Gasteiger partial charge in [0.25, 0.3) is 0 Å². The van der Waals surface area contributed by atoms with Gasteiger partial charge in [0, 0.05) is 39.5 Å². The summed E-state index contributed by atoms with van der Waals surface area (Å²) in [4.78, 5) is 30.4. The largest absolute Gasteiger partial charge is 1.00 e. The van der Waals surface area contributed by atoms with E-state index in [1.165, 1.54) is 50.7 Å². The number of esters is 2. The van der Waals surface area contributed by atoms with E-state index in [1.807, 2.05) is 5.92 Å². The second-order valence-electron chi connectivity index (χ2n) is 8.37. The fourth-order valence-electron chi connectivity index (χ4n) is 2.53. The van der Waals surface area contributed by atoms with Crippen molar-refractivity contribution in [1.29, 1.82) is 0 Å². The summed E-state index contributed by atoms with van der Waals surface area (Å²) in [6.07, 6.45) is -0.500. The zero-order valence-electron chi connectivity index (χ0n) is 28.7. The molecule has 0 radical (unpaired) electrons. The van der Waals surface area contributed by atoms with Crippen LogP contribution in [0.2, 0.25) is 5.15 Å². The summed E-state index contributed by atoms with van der Waals surface area (Å²) in [6, 6.07) is 6.52. The average molecular weight is 926 g/mol. The van der Waals surface area contributed by atoms with Gasteiger partial charge in [0.2, 0.25) is 0 Å². The van der Waals surface area contributed by atoms with Crippen molar-refractivity contribution in [2.45, 2.75) is 48.1 Å². The van der Waals surface area contributed by atoms with E-state index < -0.39 is 46.6 Å². The van der Waals surface area contributed by atoms with Gasteiger partial charge in [-0.2, -0.15) is 59.1 Å². The Balaban J connectivity index is -0.000000304. The summed E-state index contributed by atoms with van der Waals surface area (Å²) in [7, 11) is 2.59. The molecule has 7 nitrogen and oxygen atoms in total. The number of terminal acetylenes is 2. The third-order valence-electron chi connectivity index (χ3n) is 4.55. The van der Waals surface area contributed by atoms with Gasteiger partial charge in [0.15, 0.2) is 5.69 Å². The molecule has 0 N–H and O–H groups in total. The maximum absolute atomic E-state index is 12.7. The first kappa shape index (κ1) is 58.2. The Morgan fingerprint density at radius 1 is 0.889 bits per heavy atom. The monoisotopic (exact) mass is 924 g/mol. The molecule has 0 bridgehead atoms. The Morgan fingerprint density at radius 3 is 1.67 bits per heavy atom. The van der Waals surface area contributed by atoms with Crippen molar-refractivity contribution in [2.75, 3.05) is 25.7 Å². The van der Waals surface area contributed by atoms with E-state index in [1.54, 1.807) is 6.92 Å². The van der Waals surface area contributed by atoms with Crippen molar-refractivity contribution in [3.8, 4) is 24.7 Å². The summed E-state index contributed by atoms with van der Waals surface area (Å²) in [5, 5.41) is -0.592. The number of hydrogen-bond acceptors (Lipinski definition) is 10. The minimum absolute atomic E-state index is 0. The zero-order valence-corrected chi connectivity index (χ0v) is 35.6. The van der Waals surface area contributed by atoms with Crippen molar-refractivity contribution in [2.24, 2.45) is 0 Å². The first-order chi connectivity index (χ1) is 24.5. The molecule has 0 spiro atoms. The van der Waals surface area contributed by atoms with Crippen LogP contribution in [-0.2, 0) is 50.2 Å². The number of carbonyl (C=O) groups excluding carboxylic acids is 2. The van der Waals surface area contributed by atoms with Crippen LogP contribution in [0.3, 0.4) is 0 Å². The van der Waals surface area contributed by atoms with Gasteiger partial charge in [-0.3, -0.25) is 19.6 Å². The molecule has 0 saturated carbocycles. The number of aromatic nitrogens is 3. The number of ether oxygens (including phenoxy) is 2. The van der Waals surface area contributed by atoms with Crippen molar-refractivity contribution in [1.82, 2.24) is 15.0 Å². The Bertz CT molecular complexity index is 1540. The van der Waals surface area contributed by atoms with Gasteiger partial charge in [-0.25, -0.2) is 4.98 Å². The van der Waals surface area contributed by atoms with E-state index in [-0.39, 0.29) is 62.0 Å². The van der Waals surface area contributed by atoms with Crippen molar-refractivity contribution < 1.29 is 88.1 Å². The average Bonchev–Trinajstić information content (AvgIpc) is 3.05. The van der Waals surface area contributed by atoms with Crippen molar-refractivity contribution in [3.63, 3.8) is 0 Å². The van der Waals surface area contributed by atoms with Crippen molar-refractivity contribution >= 4 is 76.5 Å². The first-order valence-corrected chi connectivity index (χ1v) is 16.8. The molecule has 0 fully saturated rings. The Hall–Kier alpha value is -2.56. The number of pyridine rings is 3. The number of carbonyl (C=O) groups is 2. The predicted molar refractivity (Wildman–Crippen MR) is 193 cm³/mol. The summed E-state index contributed by atoms with van der Waals surface area (Å²) in [5.41, 5.74) is -2.85. The van der Waals surface area contributed by atoms with Crippen LogP contribution in [0.15, 0.2) is 63.2 Å². The second-order valence-corrected chi connectivity index (χ2v) is 11.6. The second kappa shape index (κ2) is 31.6. The molecule has 0 unspecified atom stereocenters. The molecule has 0 aromatic carbocycles. The number of halogens is 11. The molecule has 22 heteroatoms. The number of alkyl halides is 9. The van der Waals surface area contributed by atoms with Crippen LogP contribution in [0.4, 0.5) is 39.5 Å². The van der Waals surface area contributed by atoms with Crippen LogP contribution >= 0.6 is 51.9 Å². The van der Waals surface area contributed by atoms with Gasteiger partial charge >= 0.3 is 60.0 Å². The molecule has 0 amide bonds. The first-order valence-electron chi connectivity index (χ1n) is 13.6. The molecule has 3 aromatic rings. The third-order valence-corrected chi connectivity index (χ3v) is 7.09. The Labute approximate surface area is 357 Å². The fraction of sp³-hybridized carbons (Fsp3) is 0.312. The normalized spacial score (nSPS) is 9.87. The molecule has 0 aliphatic heterocycles. The van der Waals surface area contributed by atoms with Gasteiger partial charge in [0.05, 0.1) is 27.1 Å². The molecule has 0 aliphatic rings. The number of hydrogen-bond donors (Lipinski definition) is 1. The van der Waals surface area contributed by atoms with Gasteiger partial charge in [-0.05, 0) is 47.1 Å². The number of thioether (sulfide) groups is 1. The molecule has 0 saturated heterocycles. The summed E-state index contributed by atoms with van der Waals surface area (Å²) in [5.74, 6) is 4.31. The van der Waals surface area contributed by atoms with E-state index >= 15 is 0 Å². The minimum atomic E-state index is -4.57. The predicted octanol–water partition coefficient (Wildman–Crippen LogP) is 6.85. The van der Waals surface area contributed by atoms with Crippen LogP contribution in [0.5, 0.6) is 0 Å². The maximum Gasteiger partial charge on any atom is 1.00 e. The van der Waals surface area contributed by atoms with Crippen LogP contribution in [0.25, 0.3) is 0 Å². The number of methoxy groups -OCH3 is 2. The summed E-state index contributed by atoms with van der Waals surface area (Å²) >= 11 is 17.3. The minimum Gasteiger partial charge on any atom is -0.778 e. The molecule has 0 aliphatic carbocycles. The van der Waals surface area contributed by atoms with E-state index in [2.05, 4.69) is 91.3 Å². The number of thiol groups is 1. The van der Waals surface area contributed by atoms with Gasteiger partial charge in [-0.1, -0.05) is 17.7 Å². The standard InChI is InChI=1S/C10H9ClF3NO2S.C6H3BrF3N.C6H4F3NS.C4H8O2S.C3H4.C3H3.Na/c1-17-7(16)3-5-18-6-2-4-15-9(11)8(6)10(12,13)14;7-4-2-1-3-11-5(4)6(8,9)10;7-6(8,9)5-4(11)2-1-3-10-5;1-6-4(5)2-3-7;2*1-3-2;/h2,4H,3,5H2,1H3;1-3H;1-3,11H;7H,2-3H2,1H3;1H,2H3;1H,2H2;/q;;;;;-1;+1/p-1. The molecule has 3 aromatic heterocycles. The molecule has 294 valence electrons. The SMILES string of the molecule is C#CC.C#C[CH2-].COC(=O)CCS.COC(=O)CCSc1ccnc(Cl)c1C(F)(F)F.FC(F)(F)c1ncccc1Br.FC(F)(F)c1ncccc1[S-].[Na+]. The van der Waals surface area contributed by atoms with Gasteiger partial charge in [0.1, 0.15) is 16.4 Å². The van der Waals surface area contributed by atoms with E-state index in [0.717, 1.165) is 24.2 Å². The van der Waals surface area contributed by atoms with Crippen LogP contribution < -0.4 is 29.6 Å². The Kier molecular flexibility index (Phi) is 34.1. The quantitative estimate of drug-likeness (QED) is 0.0328. The van der Waals surface area contributed by atoms with E-state index in [0.29, 0.717) is 12.2 Å².